The van der Waals surface area contributed by atoms with Gasteiger partial charge in [0, 0.05) is 51.5 Å². The Hall–Kier alpha value is -4.40. The average molecular weight is 598 g/mol. The van der Waals surface area contributed by atoms with Crippen LogP contribution in [0, 0.1) is 0 Å². The lowest BCUT2D eigenvalue weighted by molar-refractivity contribution is -0.133. The highest BCUT2D eigenvalue weighted by molar-refractivity contribution is 5.83. The molecule has 2 heterocycles. The fourth-order valence-corrected chi connectivity index (χ4v) is 6.04. The number of alkyl carbamates (subject to hydrolysis) is 1. The van der Waals surface area contributed by atoms with Crippen LogP contribution < -0.4 is 10.6 Å². The molecule has 44 heavy (non-hydrogen) atoms. The molecule has 3 amide bonds. The zero-order chi connectivity index (χ0) is 31.3. The smallest absolute Gasteiger partial charge is 0.407 e. The lowest BCUT2D eigenvalue weighted by atomic mass is 9.95. The first-order chi connectivity index (χ1) is 21.1. The number of nitrogens with one attached hydrogen (secondary N) is 2. The van der Waals surface area contributed by atoms with Crippen molar-refractivity contribution in [2.24, 2.45) is 0 Å². The standard InChI is InChI=1S/C35H43N5O4/c1-24(41)36-17-19-40-31-14-8-7-13-30(31)38-33(40)28-12-9-18-39(23-28)32(42)22-29(37-34(43)44-35(2,3)4)21-25-15-16-26-10-5-6-11-27(26)20-25/h5-8,10-11,13-16,20,28-29H,9,12,17-19,21-23H2,1-4H3,(H,36,41)(H,37,43). The molecule has 0 radical (unpaired) electrons. The third-order valence-corrected chi connectivity index (χ3v) is 7.97. The highest BCUT2D eigenvalue weighted by Crippen LogP contribution is 2.30. The van der Waals surface area contributed by atoms with Gasteiger partial charge < -0.3 is 24.8 Å². The zero-order valence-electron chi connectivity index (χ0n) is 26.1. The van der Waals surface area contributed by atoms with Crippen LogP contribution in [0.2, 0.25) is 0 Å². The van der Waals surface area contributed by atoms with Gasteiger partial charge in [-0.3, -0.25) is 9.59 Å². The number of imidazole rings is 1. The molecule has 0 spiro atoms. The molecule has 0 aliphatic carbocycles. The maximum absolute atomic E-state index is 13.8. The molecule has 1 aliphatic heterocycles. The van der Waals surface area contributed by atoms with Crippen molar-refractivity contribution in [3.8, 4) is 0 Å². The van der Waals surface area contributed by atoms with E-state index < -0.39 is 17.7 Å². The van der Waals surface area contributed by atoms with E-state index in [2.05, 4.69) is 45.5 Å². The number of hydrogen-bond acceptors (Lipinski definition) is 5. The van der Waals surface area contributed by atoms with E-state index in [1.165, 1.54) is 6.92 Å². The zero-order valence-corrected chi connectivity index (χ0v) is 26.1. The van der Waals surface area contributed by atoms with Crippen LogP contribution in [0.1, 0.15) is 64.3 Å². The molecular formula is C35H43N5O4. The molecule has 3 aromatic carbocycles. The monoisotopic (exact) mass is 597 g/mol. The molecule has 9 nitrogen and oxygen atoms in total. The number of carbonyl (C=O) groups is 3. The number of carbonyl (C=O) groups excluding carboxylic acids is 3. The largest absolute Gasteiger partial charge is 0.444 e. The molecule has 1 aromatic heterocycles. The van der Waals surface area contributed by atoms with Crippen LogP contribution in [0.25, 0.3) is 21.8 Å². The van der Waals surface area contributed by atoms with Crippen molar-refractivity contribution in [3.63, 3.8) is 0 Å². The number of para-hydroxylation sites is 2. The quantitative estimate of drug-likeness (QED) is 0.263. The average Bonchev–Trinajstić information content (AvgIpc) is 3.34. The Morgan fingerprint density at radius 2 is 1.77 bits per heavy atom. The van der Waals surface area contributed by atoms with Crippen molar-refractivity contribution in [3.05, 3.63) is 78.1 Å². The van der Waals surface area contributed by atoms with Gasteiger partial charge in [0.2, 0.25) is 11.8 Å². The van der Waals surface area contributed by atoms with Crippen LogP contribution in [-0.4, -0.2) is 63.6 Å². The Balaban J connectivity index is 1.33. The summed E-state index contributed by atoms with van der Waals surface area (Å²) in [5, 5.41) is 8.14. The number of benzene rings is 3. The highest BCUT2D eigenvalue weighted by Gasteiger charge is 2.30. The first kappa shape index (κ1) is 31.0. The Labute approximate surface area is 259 Å². The molecule has 2 N–H and O–H groups in total. The molecule has 0 saturated carbocycles. The van der Waals surface area contributed by atoms with Gasteiger partial charge in [-0.05, 0) is 68.5 Å². The molecule has 1 fully saturated rings. The molecule has 4 aromatic rings. The van der Waals surface area contributed by atoms with Gasteiger partial charge >= 0.3 is 6.09 Å². The number of ether oxygens (including phenoxy) is 1. The summed E-state index contributed by atoms with van der Waals surface area (Å²) < 4.78 is 7.73. The predicted molar refractivity (Wildman–Crippen MR) is 172 cm³/mol. The van der Waals surface area contributed by atoms with Crippen LogP contribution in [0.5, 0.6) is 0 Å². The van der Waals surface area contributed by atoms with Crippen molar-refractivity contribution in [1.29, 1.82) is 0 Å². The minimum Gasteiger partial charge on any atom is -0.444 e. The maximum atomic E-state index is 13.8. The summed E-state index contributed by atoms with van der Waals surface area (Å²) in [7, 11) is 0. The van der Waals surface area contributed by atoms with Gasteiger partial charge in [-0.1, -0.05) is 54.6 Å². The van der Waals surface area contributed by atoms with E-state index in [1.807, 2.05) is 62.1 Å². The van der Waals surface area contributed by atoms with E-state index >= 15 is 0 Å². The molecule has 9 heteroatoms. The van der Waals surface area contributed by atoms with Gasteiger partial charge in [0.25, 0.3) is 0 Å². The first-order valence-electron chi connectivity index (χ1n) is 15.5. The number of amides is 3. The topological polar surface area (TPSA) is 106 Å². The van der Waals surface area contributed by atoms with E-state index in [1.54, 1.807) is 0 Å². The Morgan fingerprint density at radius 1 is 1.02 bits per heavy atom. The summed E-state index contributed by atoms with van der Waals surface area (Å²) in [4.78, 5) is 45.1. The second-order valence-corrected chi connectivity index (χ2v) is 12.7. The van der Waals surface area contributed by atoms with Crippen molar-refractivity contribution < 1.29 is 19.1 Å². The number of aromatic nitrogens is 2. The number of nitrogens with zero attached hydrogens (tertiary/aromatic N) is 3. The molecule has 1 aliphatic rings. The SMILES string of the molecule is CC(=O)NCCn1c(C2CCCN(C(=O)CC(Cc3ccc4ccccc4c3)NC(=O)OC(C)(C)C)C2)nc2ccccc21. The molecule has 1 saturated heterocycles. The van der Waals surface area contributed by atoms with E-state index in [0.717, 1.165) is 46.0 Å². The summed E-state index contributed by atoms with van der Waals surface area (Å²) in [5.74, 6) is 0.935. The third-order valence-electron chi connectivity index (χ3n) is 7.97. The lowest BCUT2D eigenvalue weighted by Crippen LogP contribution is -2.46. The summed E-state index contributed by atoms with van der Waals surface area (Å²) in [6.07, 6.45) is 1.92. The number of hydrogen-bond donors (Lipinski definition) is 2. The van der Waals surface area contributed by atoms with Crippen LogP contribution in [-0.2, 0) is 27.3 Å². The number of fused-ring (bicyclic) bond motifs is 2. The fourth-order valence-electron chi connectivity index (χ4n) is 6.04. The first-order valence-corrected chi connectivity index (χ1v) is 15.5. The maximum Gasteiger partial charge on any atom is 0.407 e. The molecule has 232 valence electrons. The molecular weight excluding hydrogens is 554 g/mol. The molecule has 0 bridgehead atoms. The highest BCUT2D eigenvalue weighted by atomic mass is 16.6. The van der Waals surface area contributed by atoms with Gasteiger partial charge in [-0.25, -0.2) is 9.78 Å². The Morgan fingerprint density at radius 3 is 2.55 bits per heavy atom. The van der Waals surface area contributed by atoms with E-state index in [4.69, 9.17) is 9.72 Å². The molecule has 5 rings (SSSR count). The van der Waals surface area contributed by atoms with E-state index in [-0.39, 0.29) is 24.2 Å². The number of piperidine rings is 1. The molecule has 2 atom stereocenters. The number of likely N-dealkylation sites (tertiary alicyclic amines) is 1. The van der Waals surface area contributed by atoms with Crippen LogP contribution in [0.15, 0.2) is 66.7 Å². The van der Waals surface area contributed by atoms with Crippen LogP contribution >= 0.6 is 0 Å². The van der Waals surface area contributed by atoms with Gasteiger partial charge in [-0.15, -0.1) is 0 Å². The number of rotatable bonds is 9. The lowest BCUT2D eigenvalue weighted by Gasteiger charge is -2.34. The van der Waals surface area contributed by atoms with Gasteiger partial charge in [0.1, 0.15) is 11.4 Å². The van der Waals surface area contributed by atoms with E-state index in [0.29, 0.717) is 32.6 Å². The van der Waals surface area contributed by atoms with Crippen molar-refractivity contribution in [2.45, 2.75) is 77.5 Å². The van der Waals surface area contributed by atoms with Gasteiger partial charge in [-0.2, -0.15) is 0 Å². The summed E-state index contributed by atoms with van der Waals surface area (Å²) in [5.41, 5.74) is 2.33. The van der Waals surface area contributed by atoms with Crippen LogP contribution in [0.3, 0.4) is 0 Å². The molecule has 2 unspecified atom stereocenters. The summed E-state index contributed by atoms with van der Waals surface area (Å²) in [6, 6.07) is 22.0. The second kappa shape index (κ2) is 13.5. The minimum absolute atomic E-state index is 0.00236. The van der Waals surface area contributed by atoms with E-state index in [9.17, 15) is 14.4 Å². The van der Waals surface area contributed by atoms with Crippen molar-refractivity contribution in [1.82, 2.24) is 25.1 Å². The summed E-state index contributed by atoms with van der Waals surface area (Å²) in [6.45, 7) is 9.32. The summed E-state index contributed by atoms with van der Waals surface area (Å²) >= 11 is 0. The Kier molecular flexibility index (Phi) is 9.52. The normalized spacial score (nSPS) is 16.1. The minimum atomic E-state index is -0.646. The second-order valence-electron chi connectivity index (χ2n) is 12.7. The van der Waals surface area contributed by atoms with Gasteiger partial charge in [0.05, 0.1) is 11.0 Å². The predicted octanol–water partition coefficient (Wildman–Crippen LogP) is 5.56. The van der Waals surface area contributed by atoms with Gasteiger partial charge in [0.15, 0.2) is 0 Å². The van der Waals surface area contributed by atoms with Crippen LogP contribution in [0.4, 0.5) is 4.79 Å². The van der Waals surface area contributed by atoms with Crippen molar-refractivity contribution in [2.75, 3.05) is 19.6 Å². The van der Waals surface area contributed by atoms with Crippen molar-refractivity contribution >= 4 is 39.7 Å². The fraction of sp³-hybridized carbons (Fsp3) is 0.429. The Bertz CT molecular complexity index is 1640. The third kappa shape index (κ3) is 7.95.